The molecule has 0 radical (unpaired) electrons. The molecule has 0 saturated carbocycles. The third-order valence-electron chi connectivity index (χ3n) is 3.38. The molecule has 0 saturated heterocycles. The maximum atomic E-state index is 14.0. The van der Waals surface area contributed by atoms with Crippen molar-refractivity contribution in [3.05, 3.63) is 47.3 Å². The predicted octanol–water partition coefficient (Wildman–Crippen LogP) is 5.66. The summed E-state index contributed by atoms with van der Waals surface area (Å²) < 4.78 is 14.0. The van der Waals surface area contributed by atoms with Gasteiger partial charge in [0.05, 0.1) is 0 Å². The first-order valence-corrected chi connectivity index (χ1v) is 7.86. The van der Waals surface area contributed by atoms with Gasteiger partial charge in [0.15, 0.2) is 0 Å². The lowest BCUT2D eigenvalue weighted by atomic mass is 9.99. The highest BCUT2D eigenvalue weighted by Gasteiger charge is 2.14. The van der Waals surface area contributed by atoms with Crippen LogP contribution in [-0.2, 0) is 0 Å². The summed E-state index contributed by atoms with van der Waals surface area (Å²) in [6.07, 6.45) is 8.42. The van der Waals surface area contributed by atoms with E-state index in [9.17, 15) is 4.39 Å². The summed E-state index contributed by atoms with van der Waals surface area (Å²) in [5, 5.41) is 3.88. The molecule has 0 aliphatic rings. The van der Waals surface area contributed by atoms with Crippen LogP contribution >= 0.6 is 11.6 Å². The first kappa shape index (κ1) is 17.2. The summed E-state index contributed by atoms with van der Waals surface area (Å²) in [6, 6.07) is 5.04. The standard InChI is InChI=1S/C17H25ClFN/c1-3-5-6-7-8-9-17(20-12-4-2)15-11-10-14(18)13-16(15)19/h3,10-11,13,17,20H,1,4-9,12H2,2H3. The van der Waals surface area contributed by atoms with Crippen LogP contribution in [0.15, 0.2) is 30.9 Å². The van der Waals surface area contributed by atoms with Crippen LogP contribution in [0, 0.1) is 5.82 Å². The predicted molar refractivity (Wildman–Crippen MR) is 85.7 cm³/mol. The molecule has 1 aromatic carbocycles. The maximum Gasteiger partial charge on any atom is 0.129 e. The molecule has 20 heavy (non-hydrogen) atoms. The largest absolute Gasteiger partial charge is 0.310 e. The number of nitrogens with one attached hydrogen (secondary N) is 1. The Morgan fingerprint density at radius 3 is 2.80 bits per heavy atom. The molecule has 0 aromatic heterocycles. The molecule has 112 valence electrons. The van der Waals surface area contributed by atoms with E-state index in [0.717, 1.165) is 50.6 Å². The van der Waals surface area contributed by atoms with E-state index in [2.05, 4.69) is 18.8 Å². The van der Waals surface area contributed by atoms with Crippen LogP contribution in [-0.4, -0.2) is 6.54 Å². The van der Waals surface area contributed by atoms with Gasteiger partial charge in [-0.3, -0.25) is 0 Å². The molecule has 3 heteroatoms. The van der Waals surface area contributed by atoms with E-state index in [1.54, 1.807) is 12.1 Å². The van der Waals surface area contributed by atoms with Crippen LogP contribution < -0.4 is 5.32 Å². The summed E-state index contributed by atoms with van der Waals surface area (Å²) in [7, 11) is 0. The van der Waals surface area contributed by atoms with Gasteiger partial charge in [-0.1, -0.05) is 43.5 Å². The highest BCUT2D eigenvalue weighted by Crippen LogP contribution is 2.25. The van der Waals surface area contributed by atoms with Gasteiger partial charge >= 0.3 is 0 Å². The maximum absolute atomic E-state index is 14.0. The quantitative estimate of drug-likeness (QED) is 0.434. The van der Waals surface area contributed by atoms with Gasteiger partial charge in [-0.05, 0) is 44.4 Å². The Hall–Kier alpha value is -0.860. The van der Waals surface area contributed by atoms with Crippen LogP contribution in [0.3, 0.4) is 0 Å². The normalized spacial score (nSPS) is 12.3. The van der Waals surface area contributed by atoms with E-state index in [1.165, 1.54) is 6.07 Å². The molecule has 0 spiro atoms. The first-order valence-electron chi connectivity index (χ1n) is 7.48. The number of unbranched alkanes of at least 4 members (excludes halogenated alkanes) is 3. The molecular weight excluding hydrogens is 273 g/mol. The van der Waals surface area contributed by atoms with Crippen molar-refractivity contribution in [2.75, 3.05) is 6.54 Å². The van der Waals surface area contributed by atoms with Gasteiger partial charge in [-0.2, -0.15) is 0 Å². The van der Waals surface area contributed by atoms with E-state index in [4.69, 9.17) is 11.6 Å². The Balaban J connectivity index is 2.60. The second-order valence-electron chi connectivity index (χ2n) is 5.10. The second-order valence-corrected chi connectivity index (χ2v) is 5.54. The third-order valence-corrected chi connectivity index (χ3v) is 3.61. The molecule has 0 fully saturated rings. The molecule has 1 unspecified atom stereocenters. The third kappa shape index (κ3) is 6.06. The Morgan fingerprint density at radius 1 is 1.35 bits per heavy atom. The zero-order valence-electron chi connectivity index (χ0n) is 12.3. The second kappa shape index (κ2) is 9.95. The van der Waals surface area contributed by atoms with Gasteiger partial charge in [-0.25, -0.2) is 4.39 Å². The number of hydrogen-bond acceptors (Lipinski definition) is 1. The number of benzene rings is 1. The summed E-state index contributed by atoms with van der Waals surface area (Å²) in [5.41, 5.74) is 0.728. The van der Waals surface area contributed by atoms with E-state index in [1.807, 2.05) is 6.08 Å². The van der Waals surface area contributed by atoms with Crippen molar-refractivity contribution >= 4 is 11.6 Å². The lowest BCUT2D eigenvalue weighted by Crippen LogP contribution is -2.23. The fourth-order valence-electron chi connectivity index (χ4n) is 2.28. The summed E-state index contributed by atoms with van der Waals surface area (Å²) in [6.45, 7) is 6.75. The van der Waals surface area contributed by atoms with Crippen molar-refractivity contribution < 1.29 is 4.39 Å². The highest BCUT2D eigenvalue weighted by atomic mass is 35.5. The van der Waals surface area contributed by atoms with Crippen LogP contribution in [0.1, 0.15) is 57.1 Å². The number of halogens is 2. The van der Waals surface area contributed by atoms with Crippen LogP contribution in [0.5, 0.6) is 0 Å². The highest BCUT2D eigenvalue weighted by molar-refractivity contribution is 6.30. The van der Waals surface area contributed by atoms with Gasteiger partial charge in [0, 0.05) is 16.6 Å². The minimum atomic E-state index is -0.211. The SMILES string of the molecule is C=CCCCCCC(NCCC)c1ccc(Cl)cc1F. The smallest absolute Gasteiger partial charge is 0.129 e. The number of rotatable bonds is 10. The zero-order valence-corrected chi connectivity index (χ0v) is 13.1. The Kier molecular flexibility index (Phi) is 8.56. The lowest BCUT2D eigenvalue weighted by Gasteiger charge is -2.19. The molecular formula is C17H25ClFN. The van der Waals surface area contributed by atoms with Gasteiger partial charge in [0.25, 0.3) is 0 Å². The van der Waals surface area contributed by atoms with Crippen LogP contribution in [0.25, 0.3) is 0 Å². The summed E-state index contributed by atoms with van der Waals surface area (Å²) in [5.74, 6) is -0.211. The lowest BCUT2D eigenvalue weighted by molar-refractivity contribution is 0.453. The molecule has 1 aromatic rings. The van der Waals surface area contributed by atoms with Crippen molar-refractivity contribution in [3.8, 4) is 0 Å². The van der Waals surface area contributed by atoms with Gasteiger partial charge in [0.1, 0.15) is 5.82 Å². The average molecular weight is 298 g/mol. The van der Waals surface area contributed by atoms with Crippen molar-refractivity contribution in [3.63, 3.8) is 0 Å². The average Bonchev–Trinajstić information content (AvgIpc) is 2.43. The molecule has 0 aliphatic heterocycles. The molecule has 0 aliphatic carbocycles. The summed E-state index contributed by atoms with van der Waals surface area (Å²) >= 11 is 5.82. The fourth-order valence-corrected chi connectivity index (χ4v) is 2.44. The number of hydrogen-bond donors (Lipinski definition) is 1. The van der Waals surface area contributed by atoms with Crippen LogP contribution in [0.2, 0.25) is 5.02 Å². The van der Waals surface area contributed by atoms with E-state index >= 15 is 0 Å². The molecule has 1 atom stereocenters. The Bertz CT molecular complexity index is 406. The Labute approximate surface area is 127 Å². The molecule has 0 bridgehead atoms. The topological polar surface area (TPSA) is 12.0 Å². The van der Waals surface area contributed by atoms with E-state index < -0.39 is 0 Å². The molecule has 1 nitrogen and oxygen atoms in total. The molecule has 1 rings (SSSR count). The van der Waals surface area contributed by atoms with E-state index in [-0.39, 0.29) is 11.9 Å². The molecule has 0 amide bonds. The Morgan fingerprint density at radius 2 is 2.15 bits per heavy atom. The molecule has 1 N–H and O–H groups in total. The van der Waals surface area contributed by atoms with Crippen molar-refractivity contribution in [2.45, 2.75) is 51.5 Å². The van der Waals surface area contributed by atoms with Gasteiger partial charge in [-0.15, -0.1) is 6.58 Å². The van der Waals surface area contributed by atoms with Crippen LogP contribution in [0.4, 0.5) is 4.39 Å². The van der Waals surface area contributed by atoms with Crippen molar-refractivity contribution in [2.24, 2.45) is 0 Å². The summed E-state index contributed by atoms with van der Waals surface area (Å²) in [4.78, 5) is 0. The zero-order chi connectivity index (χ0) is 14.8. The fraction of sp³-hybridized carbons (Fsp3) is 0.529. The van der Waals surface area contributed by atoms with Gasteiger partial charge in [0.2, 0.25) is 0 Å². The van der Waals surface area contributed by atoms with Gasteiger partial charge < -0.3 is 5.32 Å². The number of allylic oxidation sites excluding steroid dienone is 1. The monoisotopic (exact) mass is 297 g/mol. The van der Waals surface area contributed by atoms with Crippen molar-refractivity contribution in [1.82, 2.24) is 5.32 Å². The minimum Gasteiger partial charge on any atom is -0.310 e. The first-order chi connectivity index (χ1) is 9.69. The molecule has 0 heterocycles. The minimum absolute atomic E-state index is 0.0796. The van der Waals surface area contributed by atoms with Crippen molar-refractivity contribution in [1.29, 1.82) is 0 Å². The van der Waals surface area contributed by atoms with E-state index in [0.29, 0.717) is 5.02 Å².